The first-order chi connectivity index (χ1) is 15.4. The molecule has 3 aliphatic rings. The number of nitrogens with zero attached hydrogens (tertiary/aromatic N) is 6. The Morgan fingerprint density at radius 2 is 1.81 bits per heavy atom. The third-order valence-corrected chi connectivity index (χ3v) is 8.96. The molecule has 2 bridgehead atoms. The molecule has 32 heavy (non-hydrogen) atoms. The lowest BCUT2D eigenvalue weighted by Gasteiger charge is -2.37. The average molecular weight is 452 g/mol. The van der Waals surface area contributed by atoms with E-state index in [0.717, 1.165) is 35.6 Å². The fourth-order valence-corrected chi connectivity index (χ4v) is 6.89. The fraction of sp³-hybridized carbons (Fsp3) is 0.667. The van der Waals surface area contributed by atoms with Crippen LogP contribution >= 0.6 is 11.5 Å². The molecule has 1 aliphatic heterocycles. The fourth-order valence-electron chi connectivity index (χ4n) is 6.19. The molecule has 6 rings (SSSR count). The molecule has 3 fully saturated rings. The van der Waals surface area contributed by atoms with E-state index in [0.29, 0.717) is 29.2 Å². The van der Waals surface area contributed by atoms with Gasteiger partial charge in [0.1, 0.15) is 5.82 Å². The van der Waals surface area contributed by atoms with Gasteiger partial charge in [-0.25, -0.2) is 9.50 Å². The second-order valence-electron chi connectivity index (χ2n) is 10.9. The number of aryl methyl sites for hydroxylation is 1. The summed E-state index contributed by atoms with van der Waals surface area (Å²) in [5.74, 6) is 3.47. The summed E-state index contributed by atoms with van der Waals surface area (Å²) in [6.07, 6.45) is 9.62. The number of fused-ring (bicyclic) bond motifs is 3. The van der Waals surface area contributed by atoms with E-state index >= 15 is 0 Å². The third kappa shape index (κ3) is 3.66. The van der Waals surface area contributed by atoms with E-state index < -0.39 is 0 Å². The van der Waals surface area contributed by atoms with Gasteiger partial charge in [0, 0.05) is 42.4 Å². The molecule has 0 amide bonds. The van der Waals surface area contributed by atoms with Crippen molar-refractivity contribution in [3.05, 3.63) is 29.7 Å². The predicted octanol–water partition coefficient (Wildman–Crippen LogP) is 4.90. The number of hydrogen-bond acceptors (Lipinski definition) is 7. The quantitative estimate of drug-likeness (QED) is 0.608. The van der Waals surface area contributed by atoms with Gasteiger partial charge in [0.25, 0.3) is 0 Å². The largest absolute Gasteiger partial charge is 0.349 e. The highest BCUT2D eigenvalue weighted by atomic mass is 32.1. The number of hydrogen-bond donors (Lipinski definition) is 1. The molecule has 2 saturated carbocycles. The minimum absolute atomic E-state index is 0.441. The highest BCUT2D eigenvalue weighted by molar-refractivity contribution is 7.09. The third-order valence-electron chi connectivity index (χ3n) is 8.09. The molecule has 8 heteroatoms. The van der Waals surface area contributed by atoms with Crippen molar-refractivity contribution in [2.45, 2.75) is 71.3 Å². The van der Waals surface area contributed by atoms with Gasteiger partial charge in [0.15, 0.2) is 5.65 Å². The lowest BCUT2D eigenvalue weighted by molar-refractivity contribution is 0.225. The van der Waals surface area contributed by atoms with Gasteiger partial charge >= 0.3 is 0 Å². The highest BCUT2D eigenvalue weighted by Gasteiger charge is 2.43. The summed E-state index contributed by atoms with van der Waals surface area (Å²) in [6.45, 7) is 8.85. The van der Waals surface area contributed by atoms with E-state index in [-0.39, 0.29) is 0 Å². The summed E-state index contributed by atoms with van der Waals surface area (Å²) in [4.78, 5) is 12.1. The zero-order chi connectivity index (χ0) is 21.9. The average Bonchev–Trinajstić information content (AvgIpc) is 3.44. The van der Waals surface area contributed by atoms with E-state index in [1.54, 1.807) is 0 Å². The van der Waals surface area contributed by atoms with Crippen molar-refractivity contribution in [3.63, 3.8) is 0 Å². The zero-order valence-electron chi connectivity index (χ0n) is 19.3. The van der Waals surface area contributed by atoms with Gasteiger partial charge in [-0.2, -0.15) is 9.36 Å². The molecular formula is C24H33N7S. The number of aromatic nitrogens is 5. The molecule has 170 valence electrons. The second-order valence-corrected chi connectivity index (χ2v) is 11.6. The van der Waals surface area contributed by atoms with Crippen LogP contribution < -0.4 is 10.2 Å². The first-order valence-corrected chi connectivity index (χ1v) is 12.9. The molecule has 7 nitrogen and oxygen atoms in total. The van der Waals surface area contributed by atoms with E-state index in [4.69, 9.17) is 10.1 Å². The van der Waals surface area contributed by atoms with Crippen LogP contribution in [0.4, 0.5) is 11.1 Å². The molecule has 3 aromatic rings. The minimum atomic E-state index is 0.441. The smallest absolute Gasteiger partial charge is 0.243 e. The van der Waals surface area contributed by atoms with E-state index in [1.807, 2.05) is 17.6 Å². The molecule has 3 aromatic heterocycles. The van der Waals surface area contributed by atoms with Crippen LogP contribution in [0.5, 0.6) is 0 Å². The van der Waals surface area contributed by atoms with Crippen LogP contribution in [0.1, 0.15) is 69.7 Å². The van der Waals surface area contributed by atoms with Gasteiger partial charge in [0.05, 0.1) is 0 Å². The van der Waals surface area contributed by atoms with Gasteiger partial charge in [-0.05, 0) is 74.7 Å². The summed E-state index contributed by atoms with van der Waals surface area (Å²) in [6, 6.07) is 4.84. The van der Waals surface area contributed by atoms with E-state index in [9.17, 15) is 0 Å². The number of anilines is 2. The Hall–Kier alpha value is -2.22. The zero-order valence-corrected chi connectivity index (χ0v) is 20.1. The van der Waals surface area contributed by atoms with Gasteiger partial charge in [0.2, 0.25) is 11.1 Å². The molecule has 2 atom stereocenters. The van der Waals surface area contributed by atoms with Gasteiger partial charge in [-0.15, -0.1) is 5.10 Å². The van der Waals surface area contributed by atoms with Gasteiger partial charge in [-0.3, -0.25) is 0 Å². The van der Waals surface area contributed by atoms with Crippen molar-refractivity contribution in [2.24, 2.45) is 17.3 Å². The molecule has 2 aliphatic carbocycles. The Morgan fingerprint density at radius 1 is 1.06 bits per heavy atom. The molecule has 0 aromatic carbocycles. The van der Waals surface area contributed by atoms with Crippen molar-refractivity contribution in [1.29, 1.82) is 0 Å². The Bertz CT molecular complexity index is 1090. The number of piperidine rings is 1. The SMILES string of the molecule is Cc1nsc(N2CC3CCC(C2)C3Nc2nc3c(C4CCC(C)(C)CC4)cccn3n2)n1. The van der Waals surface area contributed by atoms with Gasteiger partial charge < -0.3 is 10.2 Å². The Balaban J connectivity index is 1.20. The Morgan fingerprint density at radius 3 is 2.50 bits per heavy atom. The molecule has 0 spiro atoms. The summed E-state index contributed by atoms with van der Waals surface area (Å²) >= 11 is 1.53. The number of pyridine rings is 1. The molecule has 2 unspecified atom stereocenters. The second kappa shape index (κ2) is 7.68. The Kier molecular flexibility index (Phi) is 4.89. The molecular weight excluding hydrogens is 418 g/mol. The molecule has 0 radical (unpaired) electrons. The van der Waals surface area contributed by atoms with Crippen molar-refractivity contribution in [1.82, 2.24) is 24.0 Å². The molecule has 1 N–H and O–H groups in total. The molecule has 4 heterocycles. The van der Waals surface area contributed by atoms with Crippen molar-refractivity contribution >= 4 is 28.3 Å². The molecule has 1 saturated heterocycles. The summed E-state index contributed by atoms with van der Waals surface area (Å²) in [7, 11) is 0. The van der Waals surface area contributed by atoms with Crippen LogP contribution in [-0.4, -0.2) is 43.1 Å². The first-order valence-electron chi connectivity index (χ1n) is 12.1. The van der Waals surface area contributed by atoms with Crippen LogP contribution in [0.2, 0.25) is 0 Å². The van der Waals surface area contributed by atoms with Crippen LogP contribution in [0, 0.1) is 24.2 Å². The lowest BCUT2D eigenvalue weighted by Crippen LogP contribution is -2.48. The van der Waals surface area contributed by atoms with Crippen LogP contribution in [0.3, 0.4) is 0 Å². The normalized spacial score (nSPS) is 27.8. The monoisotopic (exact) mass is 451 g/mol. The van der Waals surface area contributed by atoms with Gasteiger partial charge in [-0.1, -0.05) is 19.9 Å². The van der Waals surface area contributed by atoms with E-state index in [2.05, 4.69) is 45.6 Å². The van der Waals surface area contributed by atoms with Crippen molar-refractivity contribution in [3.8, 4) is 0 Å². The highest BCUT2D eigenvalue weighted by Crippen LogP contribution is 2.43. The maximum absolute atomic E-state index is 5.00. The minimum Gasteiger partial charge on any atom is -0.349 e. The maximum atomic E-state index is 5.00. The summed E-state index contributed by atoms with van der Waals surface area (Å²) in [5.41, 5.74) is 2.88. The Labute approximate surface area is 193 Å². The standard InChI is InChI=1S/C24H33N7S/c1-15-25-23(32-29-15)30-13-17-6-7-18(14-30)20(17)26-22-27-21-19(5-4-12-31(21)28-22)16-8-10-24(2,3)11-9-16/h4-5,12,16-18,20H,6-11,13-14H2,1-3H3,(H,26,28). The van der Waals surface area contributed by atoms with Crippen molar-refractivity contribution in [2.75, 3.05) is 23.3 Å². The number of rotatable bonds is 4. The lowest BCUT2D eigenvalue weighted by atomic mass is 9.71. The first kappa shape index (κ1) is 20.4. The topological polar surface area (TPSA) is 71.2 Å². The van der Waals surface area contributed by atoms with Crippen LogP contribution in [-0.2, 0) is 0 Å². The van der Waals surface area contributed by atoms with Crippen LogP contribution in [0.25, 0.3) is 5.65 Å². The summed E-state index contributed by atoms with van der Waals surface area (Å²) < 4.78 is 6.36. The maximum Gasteiger partial charge on any atom is 0.243 e. The van der Waals surface area contributed by atoms with Crippen molar-refractivity contribution < 1.29 is 0 Å². The van der Waals surface area contributed by atoms with E-state index in [1.165, 1.54) is 55.6 Å². The summed E-state index contributed by atoms with van der Waals surface area (Å²) in [5, 5.41) is 9.65. The number of nitrogens with one attached hydrogen (secondary N) is 1. The van der Waals surface area contributed by atoms with Crippen LogP contribution in [0.15, 0.2) is 18.3 Å². The predicted molar refractivity (Wildman–Crippen MR) is 128 cm³/mol.